The third-order valence-corrected chi connectivity index (χ3v) is 3.01. The SMILES string of the molecule is Oc1c(F)cc(Br)c(F)c1C1CNCCO1. The fraction of sp³-hybridized carbons (Fsp3) is 0.400. The first-order valence-corrected chi connectivity index (χ1v) is 5.59. The van der Waals surface area contributed by atoms with E-state index in [1.807, 2.05) is 0 Å². The fourth-order valence-electron chi connectivity index (χ4n) is 1.65. The summed E-state index contributed by atoms with van der Waals surface area (Å²) in [4.78, 5) is 0. The summed E-state index contributed by atoms with van der Waals surface area (Å²) in [5.74, 6) is -2.24. The predicted molar refractivity (Wildman–Crippen MR) is 57.3 cm³/mol. The monoisotopic (exact) mass is 293 g/mol. The molecular weight excluding hydrogens is 284 g/mol. The molecule has 1 heterocycles. The molecule has 0 amide bonds. The topological polar surface area (TPSA) is 41.5 Å². The van der Waals surface area contributed by atoms with Crippen LogP contribution in [0.3, 0.4) is 0 Å². The van der Waals surface area contributed by atoms with Crippen molar-refractivity contribution in [3.05, 3.63) is 27.7 Å². The molecule has 2 N–H and O–H groups in total. The van der Waals surface area contributed by atoms with Crippen LogP contribution in [0.1, 0.15) is 11.7 Å². The van der Waals surface area contributed by atoms with Crippen LogP contribution in [0, 0.1) is 11.6 Å². The third-order valence-electron chi connectivity index (χ3n) is 2.43. The number of rotatable bonds is 1. The molecule has 1 aliphatic rings. The molecule has 0 aliphatic carbocycles. The lowest BCUT2D eigenvalue weighted by Crippen LogP contribution is -2.34. The van der Waals surface area contributed by atoms with Crippen molar-refractivity contribution >= 4 is 15.9 Å². The highest BCUT2D eigenvalue weighted by molar-refractivity contribution is 9.10. The molecule has 0 aromatic heterocycles. The number of hydrogen-bond acceptors (Lipinski definition) is 3. The molecule has 0 saturated carbocycles. The number of phenols is 1. The smallest absolute Gasteiger partial charge is 0.166 e. The van der Waals surface area contributed by atoms with Crippen LogP contribution in [0.5, 0.6) is 5.75 Å². The zero-order valence-electron chi connectivity index (χ0n) is 8.27. The van der Waals surface area contributed by atoms with Crippen LogP contribution >= 0.6 is 15.9 Å². The van der Waals surface area contributed by atoms with Gasteiger partial charge in [0.2, 0.25) is 0 Å². The zero-order chi connectivity index (χ0) is 11.7. The van der Waals surface area contributed by atoms with E-state index in [0.717, 1.165) is 6.07 Å². The summed E-state index contributed by atoms with van der Waals surface area (Å²) < 4.78 is 32.3. The Morgan fingerprint density at radius 1 is 1.50 bits per heavy atom. The first-order valence-electron chi connectivity index (χ1n) is 4.80. The zero-order valence-corrected chi connectivity index (χ0v) is 9.85. The van der Waals surface area contributed by atoms with E-state index in [9.17, 15) is 13.9 Å². The van der Waals surface area contributed by atoms with E-state index in [0.29, 0.717) is 19.7 Å². The summed E-state index contributed by atoms with van der Waals surface area (Å²) in [5, 5.41) is 12.5. The second kappa shape index (κ2) is 4.65. The Morgan fingerprint density at radius 3 is 2.88 bits per heavy atom. The van der Waals surface area contributed by atoms with Gasteiger partial charge in [-0.05, 0) is 22.0 Å². The van der Waals surface area contributed by atoms with Gasteiger partial charge in [-0.1, -0.05) is 0 Å². The molecule has 1 fully saturated rings. The van der Waals surface area contributed by atoms with Crippen LogP contribution in [0.2, 0.25) is 0 Å². The number of morpholine rings is 1. The second-order valence-electron chi connectivity index (χ2n) is 3.48. The first-order chi connectivity index (χ1) is 7.61. The number of halogens is 3. The van der Waals surface area contributed by atoms with Crippen molar-refractivity contribution in [2.75, 3.05) is 19.7 Å². The molecule has 1 saturated heterocycles. The molecule has 0 spiro atoms. The second-order valence-corrected chi connectivity index (χ2v) is 4.33. The van der Waals surface area contributed by atoms with E-state index in [4.69, 9.17) is 4.74 Å². The standard InChI is InChI=1S/C10H10BrF2NO2/c11-5-3-6(12)10(15)8(9(5)13)7-4-14-1-2-16-7/h3,7,14-15H,1-2,4H2. The molecule has 1 aromatic rings. The van der Waals surface area contributed by atoms with Crippen molar-refractivity contribution in [3.8, 4) is 5.75 Å². The molecule has 1 unspecified atom stereocenters. The minimum Gasteiger partial charge on any atom is -0.504 e. The molecule has 16 heavy (non-hydrogen) atoms. The minimum atomic E-state index is -0.863. The number of hydrogen-bond donors (Lipinski definition) is 2. The Balaban J connectivity index is 2.45. The van der Waals surface area contributed by atoms with Gasteiger partial charge in [0.1, 0.15) is 11.9 Å². The largest absolute Gasteiger partial charge is 0.504 e. The van der Waals surface area contributed by atoms with E-state index < -0.39 is 23.5 Å². The number of nitrogens with one attached hydrogen (secondary N) is 1. The summed E-state index contributed by atoms with van der Waals surface area (Å²) in [5.41, 5.74) is -0.140. The molecular formula is C10H10BrF2NO2. The Kier molecular flexibility index (Phi) is 3.41. The van der Waals surface area contributed by atoms with Gasteiger partial charge in [0.05, 0.1) is 16.6 Å². The molecule has 0 radical (unpaired) electrons. The highest BCUT2D eigenvalue weighted by Gasteiger charge is 2.26. The molecule has 0 bridgehead atoms. The number of benzene rings is 1. The molecule has 1 aromatic carbocycles. The van der Waals surface area contributed by atoms with Crippen molar-refractivity contribution in [2.45, 2.75) is 6.10 Å². The van der Waals surface area contributed by atoms with Gasteiger partial charge in [0.15, 0.2) is 11.6 Å². The van der Waals surface area contributed by atoms with Crippen LogP contribution in [0.25, 0.3) is 0 Å². The number of phenolic OH excluding ortho intramolecular Hbond substituents is 1. The summed E-state index contributed by atoms with van der Waals surface area (Å²) >= 11 is 2.90. The van der Waals surface area contributed by atoms with Crippen molar-refractivity contribution in [1.82, 2.24) is 5.32 Å². The summed E-state index contributed by atoms with van der Waals surface area (Å²) in [6.45, 7) is 1.41. The Hall–Kier alpha value is -0.720. The molecule has 3 nitrogen and oxygen atoms in total. The van der Waals surface area contributed by atoms with Crippen molar-refractivity contribution in [1.29, 1.82) is 0 Å². The average Bonchev–Trinajstić information content (AvgIpc) is 2.28. The van der Waals surface area contributed by atoms with E-state index in [2.05, 4.69) is 21.2 Å². The lowest BCUT2D eigenvalue weighted by Gasteiger charge is -2.25. The molecule has 1 aliphatic heterocycles. The normalized spacial score (nSPS) is 21.1. The lowest BCUT2D eigenvalue weighted by molar-refractivity contribution is 0.0236. The lowest BCUT2D eigenvalue weighted by atomic mass is 10.1. The summed E-state index contributed by atoms with van der Waals surface area (Å²) in [6, 6.07) is 0.893. The van der Waals surface area contributed by atoms with Crippen LogP contribution < -0.4 is 5.32 Å². The highest BCUT2D eigenvalue weighted by Crippen LogP contribution is 2.36. The van der Waals surface area contributed by atoms with Gasteiger partial charge in [0, 0.05) is 13.1 Å². The van der Waals surface area contributed by atoms with Crippen molar-refractivity contribution in [2.24, 2.45) is 0 Å². The third kappa shape index (κ3) is 2.05. The number of ether oxygens (including phenoxy) is 1. The Labute approximate surface area is 99.5 Å². The fourth-order valence-corrected chi connectivity index (χ4v) is 2.06. The van der Waals surface area contributed by atoms with Crippen LogP contribution in [-0.2, 0) is 4.74 Å². The molecule has 2 rings (SSSR count). The maximum absolute atomic E-state index is 13.7. The molecule has 88 valence electrons. The van der Waals surface area contributed by atoms with E-state index >= 15 is 0 Å². The Bertz CT molecular complexity index is 382. The van der Waals surface area contributed by atoms with Gasteiger partial charge in [0.25, 0.3) is 0 Å². The summed E-state index contributed by atoms with van der Waals surface area (Å²) in [7, 11) is 0. The van der Waals surface area contributed by atoms with Gasteiger partial charge < -0.3 is 15.2 Å². The quantitative estimate of drug-likeness (QED) is 0.779. The highest BCUT2D eigenvalue weighted by atomic mass is 79.9. The van der Waals surface area contributed by atoms with Gasteiger partial charge in [-0.15, -0.1) is 0 Å². The van der Waals surface area contributed by atoms with Gasteiger partial charge >= 0.3 is 0 Å². The van der Waals surface area contributed by atoms with Crippen molar-refractivity contribution < 1.29 is 18.6 Å². The average molecular weight is 294 g/mol. The van der Waals surface area contributed by atoms with E-state index in [1.165, 1.54) is 0 Å². The molecule has 1 atom stereocenters. The van der Waals surface area contributed by atoms with Gasteiger partial charge in [-0.2, -0.15) is 0 Å². The first kappa shape index (κ1) is 11.8. The Morgan fingerprint density at radius 2 is 2.25 bits per heavy atom. The van der Waals surface area contributed by atoms with Gasteiger partial charge in [-0.25, -0.2) is 8.78 Å². The van der Waals surface area contributed by atoms with Gasteiger partial charge in [-0.3, -0.25) is 0 Å². The predicted octanol–water partition coefficient (Wildman–Crippen LogP) is 2.09. The number of aromatic hydroxyl groups is 1. The summed E-state index contributed by atoms with van der Waals surface area (Å²) in [6.07, 6.45) is -0.666. The van der Waals surface area contributed by atoms with E-state index in [1.54, 1.807) is 0 Å². The maximum Gasteiger partial charge on any atom is 0.166 e. The van der Waals surface area contributed by atoms with Crippen LogP contribution in [0.4, 0.5) is 8.78 Å². The van der Waals surface area contributed by atoms with E-state index in [-0.39, 0.29) is 10.0 Å². The maximum atomic E-state index is 13.7. The van der Waals surface area contributed by atoms with Crippen LogP contribution in [0.15, 0.2) is 10.5 Å². The van der Waals surface area contributed by atoms with Crippen molar-refractivity contribution in [3.63, 3.8) is 0 Å². The molecule has 6 heteroatoms. The minimum absolute atomic E-state index is 0.0213. The van der Waals surface area contributed by atoms with Crippen LogP contribution in [-0.4, -0.2) is 24.8 Å².